The first-order valence-electron chi connectivity index (χ1n) is 8.13. The third kappa shape index (κ3) is 3.02. The smallest absolute Gasteiger partial charge is 0.329 e. The van der Waals surface area contributed by atoms with E-state index in [0.717, 1.165) is 11.3 Å². The van der Waals surface area contributed by atoms with Crippen molar-refractivity contribution in [2.45, 2.75) is 33.2 Å². The van der Waals surface area contributed by atoms with Crippen molar-refractivity contribution in [2.75, 3.05) is 6.61 Å². The first kappa shape index (κ1) is 16.8. The SMILES string of the molecule is CCOC(=O)[C@H](CC)n1cnc2c(nnn2-c2cccc(C)c2)c1=O. The molecule has 0 saturated carbocycles. The number of ether oxygens (including phenoxy) is 1. The number of aryl methyl sites for hydroxylation is 1. The molecule has 0 aliphatic rings. The second-order valence-corrected chi connectivity index (χ2v) is 5.65. The molecular formula is C17H19N5O3. The summed E-state index contributed by atoms with van der Waals surface area (Å²) in [6.07, 6.45) is 1.77. The molecule has 0 N–H and O–H groups in total. The van der Waals surface area contributed by atoms with Crippen molar-refractivity contribution in [3.63, 3.8) is 0 Å². The first-order chi connectivity index (χ1) is 12.1. The number of fused-ring (bicyclic) bond motifs is 1. The maximum absolute atomic E-state index is 12.7. The van der Waals surface area contributed by atoms with Crippen LogP contribution in [0, 0.1) is 6.92 Å². The Kier molecular flexibility index (Phi) is 4.60. The second kappa shape index (κ2) is 6.84. The van der Waals surface area contributed by atoms with E-state index in [4.69, 9.17) is 4.74 Å². The van der Waals surface area contributed by atoms with Crippen LogP contribution >= 0.6 is 0 Å². The number of aromatic nitrogens is 5. The van der Waals surface area contributed by atoms with Gasteiger partial charge in [0.15, 0.2) is 11.2 Å². The summed E-state index contributed by atoms with van der Waals surface area (Å²) < 4.78 is 7.81. The molecule has 0 aliphatic heterocycles. The van der Waals surface area contributed by atoms with Gasteiger partial charge in [0.2, 0.25) is 0 Å². The Bertz CT molecular complexity index is 976. The third-order valence-electron chi connectivity index (χ3n) is 3.92. The summed E-state index contributed by atoms with van der Waals surface area (Å²) >= 11 is 0. The highest BCUT2D eigenvalue weighted by Crippen LogP contribution is 2.15. The molecule has 0 radical (unpaired) electrons. The zero-order chi connectivity index (χ0) is 18.0. The van der Waals surface area contributed by atoms with Crippen LogP contribution in [-0.4, -0.2) is 37.1 Å². The minimum absolute atomic E-state index is 0.117. The number of rotatable bonds is 5. The number of carbonyl (C=O) groups excluding carboxylic acids is 1. The zero-order valence-electron chi connectivity index (χ0n) is 14.3. The minimum atomic E-state index is -0.728. The lowest BCUT2D eigenvalue weighted by Gasteiger charge is -2.15. The van der Waals surface area contributed by atoms with Gasteiger partial charge in [-0.1, -0.05) is 24.3 Å². The zero-order valence-corrected chi connectivity index (χ0v) is 14.3. The van der Waals surface area contributed by atoms with Gasteiger partial charge in [-0.05, 0) is 38.0 Å². The Hall–Kier alpha value is -3.03. The molecule has 0 saturated heterocycles. The fourth-order valence-electron chi connectivity index (χ4n) is 2.69. The number of hydrogen-bond donors (Lipinski definition) is 0. The molecule has 0 unspecified atom stereocenters. The predicted molar refractivity (Wildman–Crippen MR) is 91.6 cm³/mol. The molecule has 3 aromatic rings. The van der Waals surface area contributed by atoms with Gasteiger partial charge in [-0.2, -0.15) is 4.68 Å². The van der Waals surface area contributed by atoms with Gasteiger partial charge in [-0.15, -0.1) is 5.10 Å². The molecule has 2 aromatic heterocycles. The second-order valence-electron chi connectivity index (χ2n) is 5.65. The van der Waals surface area contributed by atoms with Crippen LogP contribution in [-0.2, 0) is 9.53 Å². The molecule has 0 fully saturated rings. The normalized spacial score (nSPS) is 12.3. The molecule has 0 spiro atoms. The Morgan fingerprint density at radius 2 is 2.12 bits per heavy atom. The van der Waals surface area contributed by atoms with Crippen molar-refractivity contribution in [2.24, 2.45) is 0 Å². The van der Waals surface area contributed by atoms with Crippen LogP contribution in [0.1, 0.15) is 31.9 Å². The molecule has 2 heterocycles. The molecule has 130 valence electrons. The van der Waals surface area contributed by atoms with Crippen LogP contribution in [0.15, 0.2) is 35.4 Å². The summed E-state index contributed by atoms with van der Waals surface area (Å²) in [5, 5.41) is 8.02. The Morgan fingerprint density at radius 3 is 2.80 bits per heavy atom. The average Bonchev–Trinajstić information content (AvgIpc) is 3.02. The number of carbonyl (C=O) groups is 1. The molecule has 0 amide bonds. The van der Waals surface area contributed by atoms with Crippen LogP contribution in [0.5, 0.6) is 0 Å². The lowest BCUT2D eigenvalue weighted by Crippen LogP contribution is -2.31. The summed E-state index contributed by atoms with van der Waals surface area (Å²) in [6, 6.07) is 6.92. The van der Waals surface area contributed by atoms with Gasteiger partial charge in [0.05, 0.1) is 12.3 Å². The largest absolute Gasteiger partial charge is 0.464 e. The summed E-state index contributed by atoms with van der Waals surface area (Å²) in [7, 11) is 0. The van der Waals surface area contributed by atoms with Gasteiger partial charge in [0, 0.05) is 0 Å². The molecule has 0 aliphatic carbocycles. The summed E-state index contributed by atoms with van der Waals surface area (Å²) in [5.74, 6) is -0.459. The van der Waals surface area contributed by atoms with Crippen LogP contribution in [0.4, 0.5) is 0 Å². The Labute approximate surface area is 144 Å². The Morgan fingerprint density at radius 1 is 1.32 bits per heavy atom. The van der Waals surface area contributed by atoms with E-state index in [1.54, 1.807) is 6.92 Å². The van der Waals surface area contributed by atoms with Crippen molar-refractivity contribution >= 4 is 17.1 Å². The van der Waals surface area contributed by atoms with Gasteiger partial charge in [-0.3, -0.25) is 9.36 Å². The van der Waals surface area contributed by atoms with E-state index in [9.17, 15) is 9.59 Å². The summed E-state index contributed by atoms with van der Waals surface area (Å²) in [5.41, 5.74) is 1.88. The van der Waals surface area contributed by atoms with Gasteiger partial charge >= 0.3 is 5.97 Å². The highest BCUT2D eigenvalue weighted by atomic mass is 16.5. The lowest BCUT2D eigenvalue weighted by molar-refractivity contribution is -0.147. The predicted octanol–water partition coefficient (Wildman–Crippen LogP) is 1.80. The highest BCUT2D eigenvalue weighted by molar-refractivity contribution is 5.75. The van der Waals surface area contributed by atoms with E-state index in [2.05, 4.69) is 15.3 Å². The van der Waals surface area contributed by atoms with Crippen LogP contribution in [0.3, 0.4) is 0 Å². The Balaban J connectivity index is 2.11. The topological polar surface area (TPSA) is 91.9 Å². The van der Waals surface area contributed by atoms with Crippen molar-refractivity contribution in [1.29, 1.82) is 0 Å². The van der Waals surface area contributed by atoms with Gasteiger partial charge < -0.3 is 4.74 Å². The standard InChI is InChI=1S/C17H19N5O3/c1-4-13(17(24)25-5-2)21-10-18-15-14(16(21)23)19-20-22(15)12-8-6-7-11(3)9-12/h6-10,13H,4-5H2,1-3H3/t13-/m0/s1. The van der Waals surface area contributed by atoms with Gasteiger partial charge in [0.1, 0.15) is 12.4 Å². The molecule has 8 heteroatoms. The van der Waals surface area contributed by atoms with Crippen molar-refractivity contribution < 1.29 is 9.53 Å². The summed E-state index contributed by atoms with van der Waals surface area (Å²) in [4.78, 5) is 29.1. The third-order valence-corrected chi connectivity index (χ3v) is 3.92. The lowest BCUT2D eigenvalue weighted by atomic mass is 10.2. The van der Waals surface area contributed by atoms with Crippen LogP contribution in [0.25, 0.3) is 16.9 Å². The summed E-state index contributed by atoms with van der Waals surface area (Å²) in [6.45, 7) is 5.75. The molecule has 3 rings (SSSR count). The van der Waals surface area contributed by atoms with Crippen LogP contribution in [0.2, 0.25) is 0 Å². The highest BCUT2D eigenvalue weighted by Gasteiger charge is 2.23. The molecule has 25 heavy (non-hydrogen) atoms. The first-order valence-corrected chi connectivity index (χ1v) is 8.13. The maximum Gasteiger partial charge on any atom is 0.329 e. The van der Waals surface area contributed by atoms with Crippen molar-refractivity contribution in [3.8, 4) is 5.69 Å². The van der Waals surface area contributed by atoms with E-state index in [-0.39, 0.29) is 12.1 Å². The molecular weight excluding hydrogens is 322 g/mol. The van der Waals surface area contributed by atoms with E-state index in [1.165, 1.54) is 15.6 Å². The molecule has 8 nitrogen and oxygen atoms in total. The number of benzene rings is 1. The average molecular weight is 341 g/mol. The fraction of sp³-hybridized carbons (Fsp3) is 0.353. The van der Waals surface area contributed by atoms with Gasteiger partial charge in [0.25, 0.3) is 5.56 Å². The molecule has 1 atom stereocenters. The monoisotopic (exact) mass is 341 g/mol. The van der Waals surface area contributed by atoms with E-state index in [0.29, 0.717) is 12.1 Å². The van der Waals surface area contributed by atoms with E-state index in [1.807, 2.05) is 38.1 Å². The molecule has 0 bridgehead atoms. The van der Waals surface area contributed by atoms with Crippen molar-refractivity contribution in [3.05, 3.63) is 46.5 Å². The van der Waals surface area contributed by atoms with Gasteiger partial charge in [-0.25, -0.2) is 9.78 Å². The quantitative estimate of drug-likeness (QED) is 0.657. The van der Waals surface area contributed by atoms with E-state index >= 15 is 0 Å². The fourth-order valence-corrected chi connectivity index (χ4v) is 2.69. The van der Waals surface area contributed by atoms with Crippen LogP contribution < -0.4 is 5.56 Å². The van der Waals surface area contributed by atoms with Crippen molar-refractivity contribution in [1.82, 2.24) is 24.5 Å². The maximum atomic E-state index is 12.7. The number of hydrogen-bond acceptors (Lipinski definition) is 6. The van der Waals surface area contributed by atoms with E-state index < -0.39 is 17.6 Å². The molecule has 1 aromatic carbocycles. The number of nitrogens with zero attached hydrogens (tertiary/aromatic N) is 5. The minimum Gasteiger partial charge on any atom is -0.464 e. The number of esters is 1.